The number of carboxylic acids is 1. The fourth-order valence-electron chi connectivity index (χ4n) is 3.53. The minimum absolute atomic E-state index is 0.0374. The lowest BCUT2D eigenvalue weighted by Gasteiger charge is -2.49. The van der Waals surface area contributed by atoms with Crippen LogP contribution in [-0.2, 0) is 19.2 Å². The van der Waals surface area contributed by atoms with Crippen molar-refractivity contribution < 1.29 is 24.3 Å². The maximum atomic E-state index is 13.0. The van der Waals surface area contributed by atoms with Gasteiger partial charge in [-0.1, -0.05) is 23.9 Å². The normalized spacial score (nSPS) is 19.2. The molecule has 2 aromatic rings. The van der Waals surface area contributed by atoms with E-state index in [1.165, 1.54) is 34.5 Å². The van der Waals surface area contributed by atoms with Crippen LogP contribution in [0.1, 0.15) is 17.1 Å². The average Bonchev–Trinajstić information content (AvgIpc) is 3.33. The van der Waals surface area contributed by atoms with Crippen LogP contribution in [0.5, 0.6) is 0 Å². The smallest absolute Gasteiger partial charge is 0.352 e. The SMILES string of the molecule is C=CCON=C(C(=O)NC1C(=O)N2C(C(=O)O)=C(CS/C=C\c3ccc(C)nc3)CS[C@@H]12)c1nsc(N)n1. The topological polar surface area (TPSA) is 173 Å². The molecule has 2 atom stereocenters. The Bertz CT molecular complexity index is 1340. The quantitative estimate of drug-likeness (QED) is 0.118. The van der Waals surface area contributed by atoms with Crippen molar-refractivity contribution in [1.82, 2.24) is 24.6 Å². The van der Waals surface area contributed by atoms with Gasteiger partial charge in [0.15, 0.2) is 5.13 Å². The molecule has 38 heavy (non-hydrogen) atoms. The molecule has 0 bridgehead atoms. The fraction of sp³-hybridized carbons (Fsp3) is 0.261. The summed E-state index contributed by atoms with van der Waals surface area (Å²) in [5, 5.41) is 17.7. The highest BCUT2D eigenvalue weighted by Gasteiger charge is 2.54. The minimum Gasteiger partial charge on any atom is -0.477 e. The first-order valence-electron chi connectivity index (χ1n) is 11.1. The molecule has 198 valence electrons. The van der Waals surface area contributed by atoms with Crippen molar-refractivity contribution in [3.8, 4) is 0 Å². The number of anilines is 1. The standard InChI is InChI=1S/C23H23N7O5S3/c1-3-7-35-28-15(18-27-23(24)38-29-18)19(31)26-16-20(32)30-17(22(33)34)14(11-37-21(16)30)10-36-8-6-13-5-4-12(2)25-9-13/h3-6,8-9,16,21H,1,7,10-11H2,2H3,(H,26,31)(H,33,34)(H2,24,27,29)/b8-6-,28-15?/t16?,21-/m0/s1. The number of hydrogen-bond acceptors (Lipinski definition) is 12. The van der Waals surface area contributed by atoms with Crippen LogP contribution in [0.25, 0.3) is 6.08 Å². The molecule has 2 amide bonds. The van der Waals surface area contributed by atoms with Gasteiger partial charge < -0.3 is 21.0 Å². The number of carbonyl (C=O) groups excluding carboxylic acids is 2. The van der Waals surface area contributed by atoms with Crippen molar-refractivity contribution in [3.63, 3.8) is 0 Å². The predicted octanol–water partition coefficient (Wildman–Crippen LogP) is 1.87. The highest BCUT2D eigenvalue weighted by atomic mass is 32.2. The van der Waals surface area contributed by atoms with Crippen LogP contribution in [0, 0.1) is 6.92 Å². The van der Waals surface area contributed by atoms with E-state index in [0.717, 1.165) is 22.8 Å². The molecule has 1 fully saturated rings. The number of carbonyl (C=O) groups is 3. The molecule has 0 radical (unpaired) electrons. The molecule has 0 saturated carbocycles. The molecule has 4 rings (SSSR count). The van der Waals surface area contributed by atoms with Crippen LogP contribution < -0.4 is 11.1 Å². The van der Waals surface area contributed by atoms with Gasteiger partial charge in [-0.2, -0.15) is 9.36 Å². The molecule has 15 heteroatoms. The van der Waals surface area contributed by atoms with E-state index in [4.69, 9.17) is 10.6 Å². The zero-order valence-corrected chi connectivity index (χ0v) is 22.5. The Morgan fingerprint density at radius 3 is 2.92 bits per heavy atom. The maximum Gasteiger partial charge on any atom is 0.352 e. The Balaban J connectivity index is 1.44. The van der Waals surface area contributed by atoms with Crippen LogP contribution in [-0.4, -0.2) is 77.4 Å². The van der Waals surface area contributed by atoms with E-state index in [9.17, 15) is 19.5 Å². The number of fused-ring (bicyclic) bond motifs is 1. The summed E-state index contributed by atoms with van der Waals surface area (Å²) in [6.07, 6.45) is 5.09. The molecule has 2 aliphatic rings. The van der Waals surface area contributed by atoms with Gasteiger partial charge >= 0.3 is 5.97 Å². The Morgan fingerprint density at radius 2 is 2.26 bits per heavy atom. The van der Waals surface area contributed by atoms with E-state index in [0.29, 0.717) is 17.1 Å². The van der Waals surface area contributed by atoms with Crippen LogP contribution in [0.15, 0.2) is 52.8 Å². The zero-order valence-electron chi connectivity index (χ0n) is 20.1. The van der Waals surface area contributed by atoms with E-state index in [1.807, 2.05) is 30.5 Å². The summed E-state index contributed by atoms with van der Waals surface area (Å²) in [5.74, 6) is -1.74. The Morgan fingerprint density at radius 1 is 1.45 bits per heavy atom. The van der Waals surface area contributed by atoms with Crippen molar-refractivity contribution in [2.24, 2.45) is 5.16 Å². The number of nitrogens with zero attached hydrogens (tertiary/aromatic N) is 5. The summed E-state index contributed by atoms with van der Waals surface area (Å²) in [7, 11) is 0. The number of nitrogens with two attached hydrogens (primary N) is 1. The number of rotatable bonds is 11. The summed E-state index contributed by atoms with van der Waals surface area (Å²) in [5.41, 5.74) is 7.78. The Kier molecular flexibility index (Phi) is 8.81. The number of carboxylic acid groups (broad SMARTS) is 1. The molecule has 12 nitrogen and oxygen atoms in total. The minimum atomic E-state index is -1.20. The highest BCUT2D eigenvalue weighted by Crippen LogP contribution is 2.41. The van der Waals surface area contributed by atoms with Crippen molar-refractivity contribution in [3.05, 3.63) is 64.7 Å². The van der Waals surface area contributed by atoms with Crippen LogP contribution in [0.4, 0.5) is 5.13 Å². The third kappa shape index (κ3) is 6.06. The lowest BCUT2D eigenvalue weighted by atomic mass is 10.0. The van der Waals surface area contributed by atoms with Crippen LogP contribution >= 0.6 is 35.1 Å². The Labute approximate surface area is 230 Å². The zero-order chi connectivity index (χ0) is 27.2. The predicted molar refractivity (Wildman–Crippen MR) is 147 cm³/mol. The molecule has 0 aromatic carbocycles. The number of aryl methyl sites for hydroxylation is 1. The van der Waals surface area contributed by atoms with Gasteiger partial charge in [-0.15, -0.1) is 23.5 Å². The van der Waals surface area contributed by atoms with Gasteiger partial charge in [-0.3, -0.25) is 19.5 Å². The summed E-state index contributed by atoms with van der Waals surface area (Å²) >= 11 is 3.67. The lowest BCUT2D eigenvalue weighted by Crippen LogP contribution is -2.71. The molecule has 2 aromatic heterocycles. The van der Waals surface area contributed by atoms with Crippen LogP contribution in [0.2, 0.25) is 0 Å². The number of amides is 2. The number of pyridine rings is 1. The molecular formula is C23H23N7O5S3. The van der Waals surface area contributed by atoms with E-state index in [2.05, 4.69) is 31.4 Å². The van der Waals surface area contributed by atoms with Gasteiger partial charge in [-0.05, 0) is 35.6 Å². The van der Waals surface area contributed by atoms with Crippen molar-refractivity contribution in [2.45, 2.75) is 18.3 Å². The first-order chi connectivity index (χ1) is 18.3. The molecule has 4 heterocycles. The molecule has 2 aliphatic heterocycles. The summed E-state index contributed by atoms with van der Waals surface area (Å²) < 4.78 is 3.98. The van der Waals surface area contributed by atoms with E-state index < -0.39 is 29.2 Å². The summed E-state index contributed by atoms with van der Waals surface area (Å²) in [6.45, 7) is 5.46. The number of oxime groups is 1. The van der Waals surface area contributed by atoms with Gasteiger partial charge in [0.25, 0.3) is 11.8 Å². The number of thioether (sulfide) groups is 2. The number of β-lactam (4-membered cyclic amide) rings is 1. The van der Waals surface area contributed by atoms with E-state index in [1.54, 1.807) is 6.20 Å². The molecule has 1 saturated heterocycles. The molecule has 1 unspecified atom stereocenters. The van der Waals surface area contributed by atoms with Gasteiger partial charge in [0.05, 0.1) is 0 Å². The third-order valence-corrected chi connectivity index (χ3v) is 8.03. The van der Waals surface area contributed by atoms with Gasteiger partial charge in [0, 0.05) is 34.9 Å². The number of nitrogen functional groups attached to an aromatic ring is 1. The van der Waals surface area contributed by atoms with Crippen molar-refractivity contribution >= 4 is 69.8 Å². The van der Waals surface area contributed by atoms with Gasteiger partial charge in [0.2, 0.25) is 11.5 Å². The second-order valence-corrected chi connectivity index (χ2v) is 10.7. The van der Waals surface area contributed by atoms with Crippen molar-refractivity contribution in [2.75, 3.05) is 23.8 Å². The molecule has 4 N–H and O–H groups in total. The first kappa shape index (κ1) is 27.3. The van der Waals surface area contributed by atoms with Gasteiger partial charge in [-0.25, -0.2) is 4.79 Å². The van der Waals surface area contributed by atoms with Crippen molar-refractivity contribution in [1.29, 1.82) is 0 Å². The van der Waals surface area contributed by atoms with E-state index >= 15 is 0 Å². The third-order valence-electron chi connectivity index (χ3n) is 5.30. The summed E-state index contributed by atoms with van der Waals surface area (Å²) in [4.78, 5) is 52.5. The molecular weight excluding hydrogens is 550 g/mol. The number of aliphatic carboxylic acids is 1. The second kappa shape index (κ2) is 12.2. The second-order valence-electron chi connectivity index (χ2n) is 7.95. The average molecular weight is 574 g/mol. The number of nitrogens with one attached hydrogen (secondary N) is 1. The highest BCUT2D eigenvalue weighted by molar-refractivity contribution is 8.02. The van der Waals surface area contributed by atoms with E-state index in [-0.39, 0.29) is 29.0 Å². The summed E-state index contributed by atoms with van der Waals surface area (Å²) in [6, 6.07) is 2.89. The first-order valence-corrected chi connectivity index (χ1v) is 14.0. The van der Waals surface area contributed by atoms with Crippen LogP contribution in [0.3, 0.4) is 0 Å². The monoisotopic (exact) mass is 573 g/mol. The fourth-order valence-corrected chi connectivity index (χ4v) is 6.23. The molecule has 0 aliphatic carbocycles. The number of hydrogen-bond donors (Lipinski definition) is 3. The molecule has 0 spiro atoms. The largest absolute Gasteiger partial charge is 0.477 e. The number of aromatic nitrogens is 3. The Hall–Kier alpha value is -3.69. The maximum absolute atomic E-state index is 13.0. The lowest BCUT2D eigenvalue weighted by molar-refractivity contribution is -0.150. The van der Waals surface area contributed by atoms with Gasteiger partial charge in [0.1, 0.15) is 23.7 Å².